The first-order chi connectivity index (χ1) is 8.08. The summed E-state index contributed by atoms with van der Waals surface area (Å²) in [5, 5.41) is 2.82. The zero-order valence-electron chi connectivity index (χ0n) is 9.45. The highest BCUT2D eigenvalue weighted by molar-refractivity contribution is 6.33. The molecule has 1 rings (SSSR count). The molecule has 0 aromatic heterocycles. The van der Waals surface area contributed by atoms with Crippen LogP contribution in [-0.2, 0) is 14.3 Å². The molecular formula is C11H12ClNO4. The second-order valence-corrected chi connectivity index (χ2v) is 3.57. The van der Waals surface area contributed by atoms with E-state index in [1.54, 1.807) is 6.07 Å². The number of hydrogen-bond donors (Lipinski definition) is 1. The molecule has 0 atom stereocenters. The fourth-order valence-corrected chi connectivity index (χ4v) is 1.39. The van der Waals surface area contributed by atoms with Crippen LogP contribution in [-0.4, -0.2) is 32.7 Å². The molecule has 6 heteroatoms. The first-order valence-corrected chi connectivity index (χ1v) is 5.13. The third kappa shape index (κ3) is 3.72. The third-order valence-electron chi connectivity index (χ3n) is 1.93. The molecule has 0 fully saturated rings. The Morgan fingerprint density at radius 2 is 2.06 bits per heavy atom. The fourth-order valence-electron chi connectivity index (χ4n) is 1.20. The summed E-state index contributed by atoms with van der Waals surface area (Å²) in [6, 6.07) is 4.54. The monoisotopic (exact) mass is 257 g/mol. The lowest BCUT2D eigenvalue weighted by Gasteiger charge is -2.07. The van der Waals surface area contributed by atoms with E-state index < -0.39 is 5.97 Å². The third-order valence-corrected chi connectivity index (χ3v) is 2.26. The van der Waals surface area contributed by atoms with Gasteiger partial charge in [0.1, 0.15) is 6.61 Å². The van der Waals surface area contributed by atoms with Crippen LogP contribution in [0.1, 0.15) is 10.4 Å². The predicted octanol–water partition coefficient (Wildman–Crippen LogP) is 1.71. The van der Waals surface area contributed by atoms with Gasteiger partial charge in [0.25, 0.3) is 0 Å². The Labute approximate surface area is 104 Å². The molecule has 0 saturated heterocycles. The van der Waals surface area contributed by atoms with Crippen molar-refractivity contribution >= 4 is 29.2 Å². The summed E-state index contributed by atoms with van der Waals surface area (Å²) in [5.41, 5.74) is 0.654. The van der Waals surface area contributed by atoms with Crippen LogP contribution in [0.25, 0.3) is 0 Å². The van der Waals surface area contributed by atoms with Crippen molar-refractivity contribution in [3.8, 4) is 0 Å². The smallest absolute Gasteiger partial charge is 0.339 e. The topological polar surface area (TPSA) is 64.6 Å². The van der Waals surface area contributed by atoms with E-state index in [0.717, 1.165) is 0 Å². The van der Waals surface area contributed by atoms with Crippen molar-refractivity contribution in [2.75, 3.05) is 26.1 Å². The highest BCUT2D eigenvalue weighted by Gasteiger charge is 2.12. The van der Waals surface area contributed by atoms with Crippen molar-refractivity contribution in [3.63, 3.8) is 0 Å². The molecule has 0 aliphatic rings. The van der Waals surface area contributed by atoms with E-state index in [1.165, 1.54) is 26.4 Å². The first kappa shape index (κ1) is 13.5. The second kappa shape index (κ2) is 6.22. The maximum absolute atomic E-state index is 11.4. The Kier molecular flexibility index (Phi) is 4.93. The molecule has 17 heavy (non-hydrogen) atoms. The molecule has 0 aliphatic heterocycles. The van der Waals surface area contributed by atoms with Crippen molar-refractivity contribution in [2.24, 2.45) is 0 Å². The standard InChI is InChI=1S/C11H12ClNO4/c1-16-6-10(14)13-7-3-4-9(12)8(5-7)11(15)17-2/h3-5H,6H2,1-2H3,(H,13,14). The molecule has 5 nitrogen and oxygen atoms in total. The molecular weight excluding hydrogens is 246 g/mol. The van der Waals surface area contributed by atoms with Crippen LogP contribution in [0.4, 0.5) is 5.69 Å². The summed E-state index contributed by atoms with van der Waals surface area (Å²) in [6.45, 7) is -0.0593. The lowest BCUT2D eigenvalue weighted by Crippen LogP contribution is -2.17. The molecule has 1 aromatic rings. The first-order valence-electron chi connectivity index (χ1n) is 4.75. The van der Waals surface area contributed by atoms with Crippen LogP contribution in [0, 0.1) is 0 Å². The van der Waals surface area contributed by atoms with Gasteiger partial charge in [-0.1, -0.05) is 11.6 Å². The summed E-state index contributed by atoms with van der Waals surface area (Å²) < 4.78 is 9.23. The highest BCUT2D eigenvalue weighted by atomic mass is 35.5. The highest BCUT2D eigenvalue weighted by Crippen LogP contribution is 2.21. The Morgan fingerprint density at radius 1 is 1.35 bits per heavy atom. The average molecular weight is 258 g/mol. The van der Waals surface area contributed by atoms with Gasteiger partial charge in [-0.2, -0.15) is 0 Å². The van der Waals surface area contributed by atoms with Gasteiger partial charge in [-0.15, -0.1) is 0 Å². The Bertz CT molecular complexity index is 433. The van der Waals surface area contributed by atoms with Gasteiger partial charge >= 0.3 is 5.97 Å². The average Bonchev–Trinajstić information content (AvgIpc) is 2.31. The van der Waals surface area contributed by atoms with E-state index >= 15 is 0 Å². The molecule has 0 spiro atoms. The maximum atomic E-state index is 11.4. The number of ether oxygens (including phenoxy) is 2. The normalized spacial score (nSPS) is 9.82. The van der Waals surface area contributed by atoms with Gasteiger partial charge in [-0.25, -0.2) is 4.79 Å². The van der Waals surface area contributed by atoms with E-state index in [1.807, 2.05) is 0 Å². The zero-order chi connectivity index (χ0) is 12.8. The van der Waals surface area contributed by atoms with Crippen LogP contribution in [0.3, 0.4) is 0 Å². The van der Waals surface area contributed by atoms with Gasteiger partial charge < -0.3 is 14.8 Å². The quantitative estimate of drug-likeness (QED) is 0.834. The molecule has 0 bridgehead atoms. The predicted molar refractivity (Wildman–Crippen MR) is 63.3 cm³/mol. The molecule has 0 heterocycles. The molecule has 1 aromatic carbocycles. The van der Waals surface area contributed by atoms with E-state index in [-0.39, 0.29) is 23.1 Å². The zero-order valence-corrected chi connectivity index (χ0v) is 10.2. The number of methoxy groups -OCH3 is 2. The van der Waals surface area contributed by atoms with E-state index in [0.29, 0.717) is 5.69 Å². The summed E-state index contributed by atoms with van der Waals surface area (Å²) in [6.07, 6.45) is 0. The van der Waals surface area contributed by atoms with Crippen molar-refractivity contribution in [2.45, 2.75) is 0 Å². The van der Waals surface area contributed by atoms with Gasteiger partial charge in [0.05, 0.1) is 17.7 Å². The van der Waals surface area contributed by atoms with E-state index in [2.05, 4.69) is 14.8 Å². The van der Waals surface area contributed by atoms with Gasteiger partial charge in [-0.3, -0.25) is 4.79 Å². The largest absolute Gasteiger partial charge is 0.465 e. The minimum atomic E-state index is -0.558. The number of esters is 1. The minimum absolute atomic E-state index is 0.0593. The number of hydrogen-bond acceptors (Lipinski definition) is 4. The molecule has 1 amide bonds. The Balaban J connectivity index is 2.89. The Hall–Kier alpha value is -1.59. The SMILES string of the molecule is COCC(=O)Nc1ccc(Cl)c(C(=O)OC)c1. The van der Waals surface area contributed by atoms with E-state index in [4.69, 9.17) is 11.6 Å². The second-order valence-electron chi connectivity index (χ2n) is 3.17. The number of amides is 1. The fraction of sp³-hybridized carbons (Fsp3) is 0.273. The van der Waals surface area contributed by atoms with Crippen LogP contribution in [0.5, 0.6) is 0 Å². The number of halogens is 1. The number of carbonyl (C=O) groups excluding carboxylic acids is 2. The number of nitrogens with one attached hydrogen (secondary N) is 1. The number of benzene rings is 1. The van der Waals surface area contributed by atoms with E-state index in [9.17, 15) is 9.59 Å². The van der Waals surface area contributed by atoms with Crippen LogP contribution >= 0.6 is 11.6 Å². The van der Waals surface area contributed by atoms with Crippen molar-refractivity contribution in [1.29, 1.82) is 0 Å². The van der Waals surface area contributed by atoms with Gasteiger partial charge in [0, 0.05) is 12.8 Å². The van der Waals surface area contributed by atoms with Crippen molar-refractivity contribution < 1.29 is 19.1 Å². The molecule has 92 valence electrons. The molecule has 0 aliphatic carbocycles. The molecule has 1 N–H and O–H groups in total. The molecule has 0 unspecified atom stereocenters. The number of rotatable bonds is 4. The van der Waals surface area contributed by atoms with Crippen LogP contribution < -0.4 is 5.32 Å². The minimum Gasteiger partial charge on any atom is -0.465 e. The van der Waals surface area contributed by atoms with Crippen LogP contribution in [0.15, 0.2) is 18.2 Å². The summed E-state index contributed by atoms with van der Waals surface area (Å²) in [5.74, 6) is -0.872. The molecule has 0 radical (unpaired) electrons. The Morgan fingerprint density at radius 3 is 2.65 bits per heavy atom. The van der Waals surface area contributed by atoms with Crippen LogP contribution in [0.2, 0.25) is 5.02 Å². The number of carbonyl (C=O) groups is 2. The summed E-state index contributed by atoms with van der Waals surface area (Å²) in [4.78, 5) is 22.6. The van der Waals surface area contributed by atoms with Gasteiger partial charge in [0.2, 0.25) is 5.91 Å². The van der Waals surface area contributed by atoms with Gasteiger partial charge in [-0.05, 0) is 18.2 Å². The van der Waals surface area contributed by atoms with Gasteiger partial charge in [0.15, 0.2) is 0 Å². The summed E-state index contributed by atoms with van der Waals surface area (Å²) >= 11 is 5.83. The lowest BCUT2D eigenvalue weighted by atomic mass is 10.2. The summed E-state index contributed by atoms with van der Waals surface area (Å²) in [7, 11) is 2.68. The maximum Gasteiger partial charge on any atom is 0.339 e. The van der Waals surface area contributed by atoms with Crippen molar-refractivity contribution in [3.05, 3.63) is 28.8 Å². The molecule has 0 saturated carbocycles. The van der Waals surface area contributed by atoms with Crippen molar-refractivity contribution in [1.82, 2.24) is 0 Å². The lowest BCUT2D eigenvalue weighted by molar-refractivity contribution is -0.119. The number of anilines is 1.